The fraction of sp³-hybridized carbons (Fsp3) is 0.286. The van der Waals surface area contributed by atoms with E-state index in [0.717, 1.165) is 11.4 Å². The number of carbonyl (C=O) groups excluding carboxylic acids is 3. The molecule has 2 heterocycles. The fourth-order valence-electron chi connectivity index (χ4n) is 3.80. The van der Waals surface area contributed by atoms with E-state index in [1.54, 1.807) is 12.1 Å². The van der Waals surface area contributed by atoms with Crippen LogP contribution in [0.1, 0.15) is 29.6 Å². The second-order valence-electron chi connectivity index (χ2n) is 6.96. The average Bonchev–Trinajstić information content (AvgIpc) is 3.11. The number of benzene rings is 2. The molecule has 6 heteroatoms. The number of hydrogen-bond acceptors (Lipinski definition) is 4. The molecule has 2 aromatic carbocycles. The van der Waals surface area contributed by atoms with E-state index in [1.165, 1.54) is 0 Å². The number of ketones is 1. The van der Waals surface area contributed by atoms with Gasteiger partial charge in [0.15, 0.2) is 5.78 Å². The number of amides is 2. The number of fused-ring (bicyclic) bond motifs is 3. The van der Waals surface area contributed by atoms with Gasteiger partial charge in [-0.2, -0.15) is 0 Å². The number of nitrogens with zero attached hydrogens (tertiary/aromatic N) is 1. The van der Waals surface area contributed by atoms with Crippen molar-refractivity contribution in [1.29, 1.82) is 0 Å². The molecular formula is C21H21N3O3. The summed E-state index contributed by atoms with van der Waals surface area (Å²) in [6, 6.07) is 16.3. The molecule has 2 unspecified atom stereocenters. The Bertz CT molecular complexity index is 881. The minimum Gasteiger partial charge on any atom is -0.356 e. The monoisotopic (exact) mass is 363 g/mol. The van der Waals surface area contributed by atoms with Crippen LogP contribution >= 0.6 is 0 Å². The molecular weight excluding hydrogens is 342 g/mol. The summed E-state index contributed by atoms with van der Waals surface area (Å²) in [5.74, 6) is -0.231. The second-order valence-corrected chi connectivity index (χ2v) is 6.96. The van der Waals surface area contributed by atoms with E-state index in [0.29, 0.717) is 18.5 Å². The number of anilines is 2. The zero-order chi connectivity index (χ0) is 18.8. The quantitative estimate of drug-likeness (QED) is 0.800. The molecule has 4 rings (SSSR count). The Hall–Kier alpha value is -3.15. The van der Waals surface area contributed by atoms with Gasteiger partial charge in [0.1, 0.15) is 6.04 Å². The van der Waals surface area contributed by atoms with Gasteiger partial charge in [0.25, 0.3) is 0 Å². The number of nitrogens with one attached hydrogen (secondary N) is 2. The van der Waals surface area contributed by atoms with Gasteiger partial charge in [0.2, 0.25) is 11.8 Å². The van der Waals surface area contributed by atoms with Crippen molar-refractivity contribution < 1.29 is 14.4 Å². The summed E-state index contributed by atoms with van der Waals surface area (Å²) in [6.45, 7) is 0.591. The van der Waals surface area contributed by atoms with Crippen molar-refractivity contribution in [2.45, 2.75) is 31.3 Å². The van der Waals surface area contributed by atoms with Crippen molar-refractivity contribution in [2.75, 3.05) is 16.8 Å². The van der Waals surface area contributed by atoms with Crippen LogP contribution in [0.25, 0.3) is 0 Å². The molecule has 2 atom stereocenters. The number of rotatable bonds is 5. The van der Waals surface area contributed by atoms with Gasteiger partial charge in [-0.3, -0.25) is 14.4 Å². The summed E-state index contributed by atoms with van der Waals surface area (Å²) in [5.41, 5.74) is 2.41. The van der Waals surface area contributed by atoms with Gasteiger partial charge in [-0.05, 0) is 18.6 Å². The van der Waals surface area contributed by atoms with E-state index in [9.17, 15) is 14.4 Å². The third kappa shape index (κ3) is 3.56. The predicted octanol–water partition coefficient (Wildman–Crippen LogP) is 2.37. The highest BCUT2D eigenvalue weighted by atomic mass is 16.2. The van der Waals surface area contributed by atoms with Crippen LogP contribution in [0.3, 0.4) is 0 Å². The van der Waals surface area contributed by atoms with Crippen LogP contribution in [0.15, 0.2) is 54.6 Å². The van der Waals surface area contributed by atoms with E-state index >= 15 is 0 Å². The van der Waals surface area contributed by atoms with Gasteiger partial charge in [-0.15, -0.1) is 0 Å². The normalized spacial score (nSPS) is 20.4. The van der Waals surface area contributed by atoms with Crippen LogP contribution in [-0.2, 0) is 9.59 Å². The lowest BCUT2D eigenvalue weighted by Crippen LogP contribution is -2.44. The van der Waals surface area contributed by atoms with E-state index in [4.69, 9.17) is 0 Å². The minimum absolute atomic E-state index is 0.0373. The van der Waals surface area contributed by atoms with Crippen molar-refractivity contribution in [3.05, 3.63) is 60.2 Å². The highest BCUT2D eigenvalue weighted by molar-refractivity contribution is 6.04. The molecule has 27 heavy (non-hydrogen) atoms. The zero-order valence-corrected chi connectivity index (χ0v) is 14.9. The molecule has 0 aliphatic carbocycles. The minimum atomic E-state index is -0.267. The Morgan fingerprint density at radius 3 is 2.59 bits per heavy atom. The van der Waals surface area contributed by atoms with Crippen molar-refractivity contribution in [3.63, 3.8) is 0 Å². The number of hydrogen-bond donors (Lipinski definition) is 2. The predicted molar refractivity (Wildman–Crippen MR) is 103 cm³/mol. The third-order valence-corrected chi connectivity index (χ3v) is 5.12. The molecule has 1 fully saturated rings. The topological polar surface area (TPSA) is 78.5 Å². The summed E-state index contributed by atoms with van der Waals surface area (Å²) in [4.78, 5) is 38.8. The molecule has 2 amide bonds. The van der Waals surface area contributed by atoms with Crippen LogP contribution in [0.4, 0.5) is 11.4 Å². The molecule has 2 aliphatic rings. The zero-order valence-electron chi connectivity index (χ0n) is 14.9. The van der Waals surface area contributed by atoms with Gasteiger partial charge in [-0.1, -0.05) is 42.5 Å². The van der Waals surface area contributed by atoms with E-state index < -0.39 is 0 Å². The third-order valence-electron chi connectivity index (χ3n) is 5.12. The van der Waals surface area contributed by atoms with Gasteiger partial charge in [-0.25, -0.2) is 0 Å². The first kappa shape index (κ1) is 17.3. The summed E-state index contributed by atoms with van der Waals surface area (Å²) >= 11 is 0. The second kappa shape index (κ2) is 7.23. The van der Waals surface area contributed by atoms with E-state index in [-0.39, 0.29) is 42.5 Å². The summed E-state index contributed by atoms with van der Waals surface area (Å²) in [7, 11) is 0. The van der Waals surface area contributed by atoms with Crippen LogP contribution < -0.4 is 15.5 Å². The van der Waals surface area contributed by atoms with Gasteiger partial charge in [0, 0.05) is 31.0 Å². The molecule has 2 aromatic rings. The summed E-state index contributed by atoms with van der Waals surface area (Å²) in [5, 5.41) is 5.91. The molecule has 0 aromatic heterocycles. The molecule has 1 saturated heterocycles. The lowest BCUT2D eigenvalue weighted by atomic mass is 10.1. The van der Waals surface area contributed by atoms with Crippen molar-refractivity contribution in [1.82, 2.24) is 5.32 Å². The molecule has 0 saturated carbocycles. The van der Waals surface area contributed by atoms with E-state index in [1.807, 2.05) is 47.4 Å². The Kier molecular flexibility index (Phi) is 4.62. The summed E-state index contributed by atoms with van der Waals surface area (Å²) in [6.07, 6.45) is 0.898. The first-order chi connectivity index (χ1) is 13.1. The molecule has 0 spiro atoms. The van der Waals surface area contributed by atoms with Gasteiger partial charge >= 0.3 is 0 Å². The number of para-hydroxylation sites is 2. The highest BCUT2D eigenvalue weighted by Gasteiger charge is 2.41. The maximum Gasteiger partial charge on any atom is 0.247 e. The molecule has 2 N–H and O–H groups in total. The molecule has 0 radical (unpaired) electrons. The van der Waals surface area contributed by atoms with Gasteiger partial charge < -0.3 is 15.5 Å². The van der Waals surface area contributed by atoms with E-state index in [2.05, 4.69) is 10.6 Å². The SMILES string of the molecule is O=C(CCC(=O)c1ccccc1)NC1CC2C(=O)Nc3ccccc3N2C1. The largest absolute Gasteiger partial charge is 0.356 e. The standard InChI is InChI=1S/C21H21N3O3/c25-19(14-6-2-1-3-7-14)10-11-20(26)22-15-12-18-21(27)23-16-8-4-5-9-17(16)24(18)13-15/h1-9,15,18H,10-13H2,(H,22,26)(H,23,27). The Balaban J connectivity index is 1.34. The fourth-order valence-corrected chi connectivity index (χ4v) is 3.80. The lowest BCUT2D eigenvalue weighted by Gasteiger charge is -2.32. The maximum absolute atomic E-state index is 12.3. The molecule has 138 valence electrons. The molecule has 2 aliphatic heterocycles. The van der Waals surface area contributed by atoms with Crippen molar-refractivity contribution >= 4 is 29.0 Å². The van der Waals surface area contributed by atoms with Crippen LogP contribution in [0.5, 0.6) is 0 Å². The van der Waals surface area contributed by atoms with Crippen molar-refractivity contribution in [2.24, 2.45) is 0 Å². The smallest absolute Gasteiger partial charge is 0.247 e. The highest BCUT2D eigenvalue weighted by Crippen LogP contribution is 2.36. The number of carbonyl (C=O) groups is 3. The molecule has 0 bridgehead atoms. The van der Waals surface area contributed by atoms with Crippen LogP contribution in [0, 0.1) is 0 Å². The van der Waals surface area contributed by atoms with Crippen molar-refractivity contribution in [3.8, 4) is 0 Å². The number of Topliss-reactive ketones (excluding diaryl/α,β-unsaturated/α-hetero) is 1. The first-order valence-corrected chi connectivity index (χ1v) is 9.16. The molecule has 6 nitrogen and oxygen atoms in total. The van der Waals surface area contributed by atoms with Crippen LogP contribution in [-0.4, -0.2) is 36.2 Å². The summed E-state index contributed by atoms with van der Waals surface area (Å²) < 4.78 is 0. The first-order valence-electron chi connectivity index (χ1n) is 9.16. The average molecular weight is 363 g/mol. The lowest BCUT2D eigenvalue weighted by molar-refractivity contribution is -0.122. The Morgan fingerprint density at radius 1 is 1.04 bits per heavy atom. The van der Waals surface area contributed by atoms with Gasteiger partial charge in [0.05, 0.1) is 11.4 Å². The Morgan fingerprint density at radius 2 is 1.78 bits per heavy atom. The van der Waals surface area contributed by atoms with Crippen LogP contribution in [0.2, 0.25) is 0 Å². The Labute approximate surface area is 157 Å². The maximum atomic E-state index is 12.3.